The Morgan fingerprint density at radius 2 is 2.21 bits per heavy atom. The van der Waals surface area contributed by atoms with Crippen LogP contribution in [0.15, 0.2) is 30.1 Å². The molecule has 0 aliphatic carbocycles. The number of hydrogen-bond acceptors (Lipinski definition) is 3. The van der Waals surface area contributed by atoms with E-state index in [2.05, 4.69) is 5.32 Å². The Morgan fingerprint density at radius 1 is 1.43 bits per heavy atom. The molecule has 0 spiro atoms. The Labute approximate surface area is 83.0 Å². The first-order valence-corrected chi connectivity index (χ1v) is 4.49. The zero-order valence-corrected chi connectivity index (χ0v) is 8.24. The Balaban J connectivity index is 2.52. The van der Waals surface area contributed by atoms with Gasteiger partial charge in [0.25, 0.3) is 0 Å². The molecule has 1 heterocycles. The van der Waals surface area contributed by atoms with Gasteiger partial charge in [-0.05, 0) is 18.6 Å². The van der Waals surface area contributed by atoms with Gasteiger partial charge in [-0.25, -0.2) is 0 Å². The molecular formula is C11H12N2O. The van der Waals surface area contributed by atoms with Crippen LogP contribution in [0.2, 0.25) is 0 Å². The third kappa shape index (κ3) is 1.27. The normalized spacial score (nSPS) is 14.1. The molecule has 0 amide bonds. The average Bonchev–Trinajstić information content (AvgIpc) is 2.19. The summed E-state index contributed by atoms with van der Waals surface area (Å²) in [6.07, 6.45) is 2.61. The summed E-state index contributed by atoms with van der Waals surface area (Å²) in [5.41, 5.74) is 3.84. The number of para-hydroxylation sites is 1. The molecule has 0 bridgehead atoms. The highest BCUT2D eigenvalue weighted by Crippen LogP contribution is 2.32. The molecular weight excluding hydrogens is 176 g/mol. The van der Waals surface area contributed by atoms with Crippen molar-refractivity contribution < 1.29 is 4.79 Å². The summed E-state index contributed by atoms with van der Waals surface area (Å²) in [4.78, 5) is 12.6. The second-order valence-electron chi connectivity index (χ2n) is 3.41. The molecule has 72 valence electrons. The number of nitrogens with one attached hydrogen (secondary N) is 1. The van der Waals surface area contributed by atoms with Gasteiger partial charge in [-0.1, -0.05) is 12.1 Å². The highest BCUT2D eigenvalue weighted by molar-refractivity contribution is 5.88. The molecule has 0 aromatic heterocycles. The van der Waals surface area contributed by atoms with Crippen molar-refractivity contribution in [2.45, 2.75) is 6.92 Å². The van der Waals surface area contributed by atoms with Crippen molar-refractivity contribution >= 4 is 17.7 Å². The number of carbonyl (C=O) groups is 1. The molecule has 1 aliphatic rings. The van der Waals surface area contributed by atoms with Gasteiger partial charge in [0.15, 0.2) is 6.29 Å². The third-order valence-corrected chi connectivity index (χ3v) is 2.36. The van der Waals surface area contributed by atoms with Gasteiger partial charge < -0.3 is 10.2 Å². The Hall–Kier alpha value is -1.77. The molecule has 3 nitrogen and oxygen atoms in total. The lowest BCUT2D eigenvalue weighted by molar-refractivity contribution is -0.104. The summed E-state index contributed by atoms with van der Waals surface area (Å²) in [7, 11) is 1.93. The minimum absolute atomic E-state index is 0.592. The largest absolute Gasteiger partial charge is 0.350 e. The predicted octanol–water partition coefficient (Wildman–Crippen LogP) is 1.90. The van der Waals surface area contributed by atoms with Crippen LogP contribution in [-0.4, -0.2) is 13.3 Å². The van der Waals surface area contributed by atoms with Crippen LogP contribution in [0.5, 0.6) is 0 Å². The van der Waals surface area contributed by atoms with Crippen molar-refractivity contribution in [1.82, 2.24) is 0 Å². The maximum Gasteiger partial charge on any atom is 0.167 e. The zero-order chi connectivity index (χ0) is 10.1. The number of hydrogen-bond donors (Lipinski definition) is 1. The summed E-state index contributed by atoms with van der Waals surface area (Å²) < 4.78 is 0. The van der Waals surface area contributed by atoms with E-state index < -0.39 is 0 Å². The van der Waals surface area contributed by atoms with Gasteiger partial charge in [-0.3, -0.25) is 4.79 Å². The van der Waals surface area contributed by atoms with E-state index in [9.17, 15) is 4.79 Å². The maximum atomic E-state index is 10.7. The van der Waals surface area contributed by atoms with Gasteiger partial charge in [0.1, 0.15) is 0 Å². The van der Waals surface area contributed by atoms with Crippen molar-refractivity contribution in [3.63, 3.8) is 0 Å². The van der Waals surface area contributed by atoms with Crippen LogP contribution < -0.4 is 10.2 Å². The van der Waals surface area contributed by atoms with Crippen molar-refractivity contribution in [2.75, 3.05) is 17.3 Å². The Morgan fingerprint density at radius 3 is 2.93 bits per heavy atom. The lowest BCUT2D eigenvalue weighted by Crippen LogP contribution is -2.20. The van der Waals surface area contributed by atoms with Crippen LogP contribution in [0.1, 0.15) is 5.56 Å². The second-order valence-corrected chi connectivity index (χ2v) is 3.41. The summed E-state index contributed by atoms with van der Waals surface area (Å²) in [6, 6.07) is 6.05. The first kappa shape index (κ1) is 8.81. The van der Waals surface area contributed by atoms with Gasteiger partial charge in [0.05, 0.1) is 17.1 Å². The molecule has 14 heavy (non-hydrogen) atoms. The van der Waals surface area contributed by atoms with Gasteiger partial charge in [0.2, 0.25) is 0 Å². The molecule has 1 N–H and O–H groups in total. The quantitative estimate of drug-likeness (QED) is 0.683. The predicted molar refractivity (Wildman–Crippen MR) is 57.4 cm³/mol. The number of aldehydes is 1. The molecule has 0 unspecified atom stereocenters. The zero-order valence-electron chi connectivity index (χ0n) is 8.24. The lowest BCUT2D eigenvalue weighted by Gasteiger charge is -2.26. The van der Waals surface area contributed by atoms with Crippen LogP contribution in [0.25, 0.3) is 0 Å². The number of benzene rings is 1. The molecule has 0 fully saturated rings. The molecule has 2 rings (SSSR count). The first-order chi connectivity index (χ1) is 6.72. The van der Waals surface area contributed by atoms with Gasteiger partial charge in [-0.2, -0.15) is 0 Å². The number of aryl methyl sites for hydroxylation is 1. The van der Waals surface area contributed by atoms with E-state index in [4.69, 9.17) is 0 Å². The summed E-state index contributed by atoms with van der Waals surface area (Å²) in [5, 5.41) is 3.10. The second kappa shape index (κ2) is 3.18. The van der Waals surface area contributed by atoms with Gasteiger partial charge in [-0.15, -0.1) is 0 Å². The Bertz CT molecular complexity index is 410. The van der Waals surface area contributed by atoms with E-state index in [-0.39, 0.29) is 0 Å². The van der Waals surface area contributed by atoms with Crippen molar-refractivity contribution in [1.29, 1.82) is 0 Å². The number of allylic oxidation sites excluding steroid dienone is 1. The van der Waals surface area contributed by atoms with Crippen LogP contribution in [0.4, 0.5) is 11.4 Å². The molecule has 0 saturated carbocycles. The van der Waals surface area contributed by atoms with E-state index in [1.165, 1.54) is 0 Å². The standard InChI is InChI=1S/C11H12N2O/c1-8-4-3-5-10-11(8)12-9(7-14)6-13(10)2/h3-7,12H,1-2H3. The van der Waals surface area contributed by atoms with Crippen molar-refractivity contribution in [3.8, 4) is 0 Å². The fourth-order valence-corrected chi connectivity index (χ4v) is 1.62. The summed E-state index contributed by atoms with van der Waals surface area (Å²) in [6.45, 7) is 2.02. The highest BCUT2D eigenvalue weighted by atomic mass is 16.1. The molecule has 1 aromatic carbocycles. The van der Waals surface area contributed by atoms with E-state index >= 15 is 0 Å². The number of rotatable bonds is 1. The van der Waals surface area contributed by atoms with E-state index in [1.807, 2.05) is 37.1 Å². The molecule has 1 aromatic rings. The number of carbonyl (C=O) groups excluding carboxylic acids is 1. The third-order valence-electron chi connectivity index (χ3n) is 2.36. The van der Waals surface area contributed by atoms with E-state index in [1.54, 1.807) is 6.20 Å². The highest BCUT2D eigenvalue weighted by Gasteiger charge is 2.14. The van der Waals surface area contributed by atoms with Gasteiger partial charge >= 0.3 is 0 Å². The molecule has 0 radical (unpaired) electrons. The molecule has 0 saturated heterocycles. The summed E-state index contributed by atoms with van der Waals surface area (Å²) >= 11 is 0. The number of fused-ring (bicyclic) bond motifs is 1. The van der Waals surface area contributed by atoms with Crippen molar-refractivity contribution in [2.24, 2.45) is 0 Å². The van der Waals surface area contributed by atoms with E-state index in [0.717, 1.165) is 23.2 Å². The van der Waals surface area contributed by atoms with Gasteiger partial charge in [0, 0.05) is 13.2 Å². The minimum atomic E-state index is 0.592. The van der Waals surface area contributed by atoms with Crippen LogP contribution >= 0.6 is 0 Å². The minimum Gasteiger partial charge on any atom is -0.350 e. The average molecular weight is 188 g/mol. The lowest BCUT2D eigenvalue weighted by atomic mass is 10.1. The summed E-state index contributed by atoms with van der Waals surface area (Å²) in [5.74, 6) is 0. The first-order valence-electron chi connectivity index (χ1n) is 4.49. The number of nitrogens with zero attached hydrogens (tertiary/aromatic N) is 1. The molecule has 0 atom stereocenters. The monoisotopic (exact) mass is 188 g/mol. The van der Waals surface area contributed by atoms with Crippen molar-refractivity contribution in [3.05, 3.63) is 35.7 Å². The van der Waals surface area contributed by atoms with Crippen LogP contribution in [-0.2, 0) is 4.79 Å². The number of anilines is 2. The fraction of sp³-hybridized carbons (Fsp3) is 0.182. The maximum absolute atomic E-state index is 10.7. The Kier molecular flexibility index (Phi) is 2.00. The van der Waals surface area contributed by atoms with Crippen LogP contribution in [0, 0.1) is 6.92 Å². The van der Waals surface area contributed by atoms with E-state index in [0.29, 0.717) is 5.70 Å². The van der Waals surface area contributed by atoms with Crippen LogP contribution in [0.3, 0.4) is 0 Å². The topological polar surface area (TPSA) is 32.3 Å². The smallest absolute Gasteiger partial charge is 0.167 e. The molecule has 1 aliphatic heterocycles. The SMILES string of the molecule is Cc1cccc2c1NC(C=O)=CN2C. The fourth-order valence-electron chi connectivity index (χ4n) is 1.62. The molecule has 3 heteroatoms.